The van der Waals surface area contributed by atoms with Crippen LogP contribution in [0.5, 0.6) is 17.2 Å². The molecule has 4 aromatic carbocycles. The van der Waals surface area contributed by atoms with Crippen LogP contribution in [0.15, 0.2) is 79.0 Å². The first kappa shape index (κ1) is 29.5. The Morgan fingerprint density at radius 2 is 1.56 bits per heavy atom. The minimum Gasteiger partial charge on any atom is -0.508 e. The SMILES string of the molecule is Cc1cc(O)ccc1-c1n[nH]c(=S)n1-c1ccc(-[n+]2[nH]c(=S)n(-c3cccc4[nH]ccc34)c2-c2ccc(O)cc2O)c2[nH]c(C)c(C)c12. The lowest BCUT2D eigenvalue weighted by Crippen LogP contribution is -2.36. The van der Waals surface area contributed by atoms with Crippen LogP contribution in [0.3, 0.4) is 0 Å². The van der Waals surface area contributed by atoms with Crippen molar-refractivity contribution in [1.29, 1.82) is 0 Å². The summed E-state index contributed by atoms with van der Waals surface area (Å²) in [5.41, 5.74) is 8.17. The first-order valence-electron chi connectivity index (χ1n) is 15.1. The summed E-state index contributed by atoms with van der Waals surface area (Å²) >= 11 is 11.8. The second-order valence-corrected chi connectivity index (χ2v) is 12.5. The van der Waals surface area contributed by atoms with Gasteiger partial charge in [0.1, 0.15) is 28.5 Å². The second-order valence-electron chi connectivity index (χ2n) is 11.7. The molecule has 0 radical (unpaired) electrons. The van der Waals surface area contributed by atoms with Crippen LogP contribution in [0.4, 0.5) is 0 Å². The number of fused-ring (bicyclic) bond motifs is 2. The van der Waals surface area contributed by atoms with E-state index in [1.165, 1.54) is 12.1 Å². The van der Waals surface area contributed by atoms with Crippen molar-refractivity contribution in [2.45, 2.75) is 20.8 Å². The molecule has 0 fully saturated rings. The van der Waals surface area contributed by atoms with Gasteiger partial charge in [-0.2, -0.15) is 14.8 Å². The molecule has 0 amide bonds. The van der Waals surface area contributed by atoms with E-state index in [0.717, 1.165) is 61.3 Å². The van der Waals surface area contributed by atoms with Crippen LogP contribution in [-0.2, 0) is 0 Å². The van der Waals surface area contributed by atoms with Crippen LogP contribution >= 0.6 is 24.4 Å². The Morgan fingerprint density at radius 3 is 2.33 bits per heavy atom. The van der Waals surface area contributed by atoms with Crippen molar-refractivity contribution in [2.24, 2.45) is 0 Å². The number of aromatic nitrogens is 8. The molecule has 7 N–H and O–H groups in total. The minimum atomic E-state index is -0.113. The predicted octanol–water partition coefficient (Wildman–Crippen LogP) is 7.39. The summed E-state index contributed by atoms with van der Waals surface area (Å²) in [5, 5.41) is 44.3. The highest BCUT2D eigenvalue weighted by atomic mass is 32.1. The van der Waals surface area contributed by atoms with Gasteiger partial charge in [-0.15, -0.1) is 4.68 Å². The zero-order chi connectivity index (χ0) is 33.4. The van der Waals surface area contributed by atoms with E-state index in [1.807, 2.05) is 83.2 Å². The summed E-state index contributed by atoms with van der Waals surface area (Å²) in [5.74, 6) is 1.15. The third kappa shape index (κ3) is 4.39. The van der Waals surface area contributed by atoms with Crippen molar-refractivity contribution < 1.29 is 20.0 Å². The molecule has 8 aromatic rings. The van der Waals surface area contributed by atoms with Crippen molar-refractivity contribution in [3.8, 4) is 57.1 Å². The van der Waals surface area contributed by atoms with E-state index in [9.17, 15) is 15.3 Å². The summed E-state index contributed by atoms with van der Waals surface area (Å²) in [6, 6.07) is 21.5. The average Bonchev–Trinajstić information content (AvgIpc) is 3.82. The van der Waals surface area contributed by atoms with Gasteiger partial charge in [0, 0.05) is 39.8 Å². The van der Waals surface area contributed by atoms with Crippen LogP contribution in [0, 0.1) is 30.3 Å². The smallest absolute Gasteiger partial charge is 0.324 e. The molecular formula is C35H29N8O3S2+. The fourth-order valence-electron chi connectivity index (χ4n) is 6.53. The second kappa shape index (κ2) is 10.8. The highest BCUT2D eigenvalue weighted by molar-refractivity contribution is 7.71. The Morgan fingerprint density at radius 1 is 0.792 bits per heavy atom. The summed E-state index contributed by atoms with van der Waals surface area (Å²) < 4.78 is 6.44. The number of aryl methyl sites for hydroxylation is 3. The van der Waals surface area contributed by atoms with E-state index in [0.29, 0.717) is 26.8 Å². The molecule has 0 spiro atoms. The highest BCUT2D eigenvalue weighted by Gasteiger charge is 2.31. The van der Waals surface area contributed by atoms with E-state index in [-0.39, 0.29) is 17.2 Å². The Bertz CT molecular complexity index is 2710. The molecule has 13 heteroatoms. The molecule has 0 atom stereocenters. The molecule has 11 nitrogen and oxygen atoms in total. The number of aromatic hydroxyl groups is 3. The largest absolute Gasteiger partial charge is 0.508 e. The number of aromatic amines is 4. The van der Waals surface area contributed by atoms with Gasteiger partial charge in [-0.3, -0.25) is 9.67 Å². The van der Waals surface area contributed by atoms with Crippen molar-refractivity contribution in [3.63, 3.8) is 0 Å². The number of benzene rings is 4. The zero-order valence-electron chi connectivity index (χ0n) is 26.0. The summed E-state index contributed by atoms with van der Waals surface area (Å²) in [7, 11) is 0. The fraction of sp³-hybridized carbons (Fsp3) is 0.0857. The normalized spacial score (nSPS) is 11.6. The number of nitrogens with one attached hydrogen (secondary N) is 4. The molecule has 238 valence electrons. The molecule has 0 aliphatic heterocycles. The first-order valence-corrected chi connectivity index (χ1v) is 15.9. The zero-order valence-corrected chi connectivity index (χ0v) is 27.6. The van der Waals surface area contributed by atoms with Crippen molar-refractivity contribution in [2.75, 3.05) is 0 Å². The molecular weight excluding hydrogens is 645 g/mol. The van der Waals surface area contributed by atoms with Gasteiger partial charge in [-0.1, -0.05) is 6.07 Å². The van der Waals surface area contributed by atoms with E-state index in [2.05, 4.69) is 25.3 Å². The molecule has 8 rings (SSSR count). The summed E-state index contributed by atoms with van der Waals surface area (Å²) in [4.78, 5) is 6.85. The molecule has 0 saturated heterocycles. The Hall–Kier alpha value is -5.92. The van der Waals surface area contributed by atoms with Gasteiger partial charge < -0.3 is 25.3 Å². The Balaban J connectivity index is 1.44. The number of hydrogen-bond donors (Lipinski definition) is 7. The van der Waals surface area contributed by atoms with E-state index < -0.39 is 0 Å². The number of rotatable bonds is 5. The van der Waals surface area contributed by atoms with Crippen LogP contribution in [0.1, 0.15) is 16.8 Å². The molecule has 0 bridgehead atoms. The Labute approximate surface area is 283 Å². The minimum absolute atomic E-state index is 0.0601. The molecule has 0 aliphatic rings. The van der Waals surface area contributed by atoms with Gasteiger partial charge in [0.25, 0.3) is 0 Å². The fourth-order valence-corrected chi connectivity index (χ4v) is 7.04. The lowest BCUT2D eigenvalue weighted by molar-refractivity contribution is -0.645. The molecule has 4 aromatic heterocycles. The van der Waals surface area contributed by atoms with Crippen molar-refractivity contribution >= 4 is 46.2 Å². The molecule has 0 aliphatic carbocycles. The molecule has 0 saturated carbocycles. The standard InChI is InChI=1S/C35H28N8O3S2/c1-17-15-20(44)7-9-22(17)32-38-39-34(47)41(32)27-11-12-28(31-30(27)18(2)19(3)37-31)43-33(24-10-8-21(45)16-29(24)46)42(35(48)40-43)26-6-4-5-25-23(26)13-14-36-25/h4-16,36-37H,1-3H3,(H4,38,39,40,44,45,46,47,48)/p+1. The van der Waals surface area contributed by atoms with Crippen molar-refractivity contribution in [1.82, 2.24) is 34.4 Å². The lowest BCUT2D eigenvalue weighted by atomic mass is 10.1. The number of nitrogens with zero attached hydrogens (tertiary/aromatic N) is 4. The van der Waals surface area contributed by atoms with E-state index >= 15 is 0 Å². The van der Waals surface area contributed by atoms with Gasteiger partial charge in [0.05, 0.1) is 11.2 Å². The maximum absolute atomic E-state index is 11.2. The van der Waals surface area contributed by atoms with Crippen LogP contribution in [-0.4, -0.2) is 49.7 Å². The van der Waals surface area contributed by atoms with Gasteiger partial charge in [0.2, 0.25) is 0 Å². The van der Waals surface area contributed by atoms with Gasteiger partial charge in [-0.05, 0) is 117 Å². The Kier molecular flexibility index (Phi) is 6.65. The predicted molar refractivity (Wildman–Crippen MR) is 189 cm³/mol. The third-order valence-electron chi connectivity index (χ3n) is 8.89. The van der Waals surface area contributed by atoms with Gasteiger partial charge in [0.15, 0.2) is 16.3 Å². The topological polar surface area (TPSA) is 150 Å². The maximum Gasteiger partial charge on any atom is 0.324 e. The molecule has 0 unspecified atom stereocenters. The molecule has 48 heavy (non-hydrogen) atoms. The van der Waals surface area contributed by atoms with Crippen LogP contribution in [0.25, 0.3) is 61.6 Å². The number of phenols is 3. The number of H-pyrrole nitrogens is 4. The summed E-state index contributed by atoms with van der Waals surface area (Å²) in [6.45, 7) is 5.98. The van der Waals surface area contributed by atoms with Gasteiger partial charge in [-0.25, -0.2) is 0 Å². The maximum atomic E-state index is 11.2. The van der Waals surface area contributed by atoms with Crippen LogP contribution < -0.4 is 4.68 Å². The first-order chi connectivity index (χ1) is 23.1. The van der Waals surface area contributed by atoms with Gasteiger partial charge >= 0.3 is 10.6 Å². The van der Waals surface area contributed by atoms with E-state index in [4.69, 9.17) is 24.4 Å². The number of phenolic OH excluding ortho intramolecular Hbond substituents is 3. The number of hydrogen-bond acceptors (Lipinski definition) is 6. The average molecular weight is 674 g/mol. The summed E-state index contributed by atoms with van der Waals surface area (Å²) in [6.07, 6.45) is 1.87. The third-order valence-corrected chi connectivity index (χ3v) is 9.43. The van der Waals surface area contributed by atoms with Crippen LogP contribution in [0.2, 0.25) is 0 Å². The lowest BCUT2D eigenvalue weighted by Gasteiger charge is -2.13. The monoisotopic (exact) mass is 673 g/mol. The van der Waals surface area contributed by atoms with E-state index in [1.54, 1.807) is 18.2 Å². The van der Waals surface area contributed by atoms with Crippen molar-refractivity contribution in [3.05, 3.63) is 105 Å². The molecule has 4 heterocycles. The quantitative estimate of drug-likeness (QED) is 0.0748. The highest BCUT2D eigenvalue weighted by Crippen LogP contribution is 2.37.